The largest absolute Gasteiger partial charge is 0.357 e. The van der Waals surface area contributed by atoms with Crippen molar-refractivity contribution < 1.29 is 0 Å². The summed E-state index contributed by atoms with van der Waals surface area (Å²) < 4.78 is 0. The molecule has 0 aromatic carbocycles. The van der Waals surface area contributed by atoms with Crippen molar-refractivity contribution in [2.75, 3.05) is 26.2 Å². The summed E-state index contributed by atoms with van der Waals surface area (Å²) in [6.07, 6.45) is 9.48. The second-order valence-corrected chi connectivity index (χ2v) is 5.40. The van der Waals surface area contributed by atoms with Crippen LogP contribution in [0.4, 0.5) is 0 Å². The van der Waals surface area contributed by atoms with Gasteiger partial charge in [0.05, 0.1) is 6.54 Å². The van der Waals surface area contributed by atoms with Crippen LogP contribution in [0.15, 0.2) is 17.1 Å². The Morgan fingerprint density at radius 2 is 2.00 bits per heavy atom. The van der Waals surface area contributed by atoms with Gasteiger partial charge in [-0.3, -0.25) is 9.89 Å². The maximum Gasteiger partial charge on any atom is 0.191 e. The van der Waals surface area contributed by atoms with E-state index in [-0.39, 0.29) is 0 Å². The first-order valence-electron chi connectivity index (χ1n) is 7.77. The molecule has 0 spiro atoms. The average molecular weight is 264 g/mol. The minimum atomic E-state index is 0.531. The van der Waals surface area contributed by atoms with Gasteiger partial charge in [0.25, 0.3) is 0 Å². The second-order valence-electron chi connectivity index (χ2n) is 5.40. The predicted octanol–water partition coefficient (Wildman–Crippen LogP) is 1.74. The molecule has 2 rings (SSSR count). The zero-order valence-electron chi connectivity index (χ0n) is 12.4. The van der Waals surface area contributed by atoms with Crippen LogP contribution in [0.25, 0.3) is 0 Å². The number of aliphatic imine (C=N–C) groups is 1. The summed E-state index contributed by atoms with van der Waals surface area (Å²) in [6, 6.07) is 1.37. The van der Waals surface area contributed by atoms with Crippen molar-refractivity contribution in [1.29, 1.82) is 0 Å². The Bertz CT molecular complexity index is 312. The lowest BCUT2D eigenvalue weighted by atomic mass is 10.2. The van der Waals surface area contributed by atoms with Gasteiger partial charge in [0.1, 0.15) is 0 Å². The SMILES string of the molecule is CCNC(=NCCN(CC)C1CC1)NC1CC=CC1. The first-order valence-corrected chi connectivity index (χ1v) is 7.77. The number of guanidine groups is 1. The molecule has 2 N–H and O–H groups in total. The maximum atomic E-state index is 4.70. The van der Waals surface area contributed by atoms with Crippen LogP contribution in [-0.2, 0) is 0 Å². The topological polar surface area (TPSA) is 39.7 Å². The van der Waals surface area contributed by atoms with Gasteiger partial charge in [-0.25, -0.2) is 0 Å². The lowest BCUT2D eigenvalue weighted by Crippen LogP contribution is -2.43. The molecule has 0 aromatic rings. The lowest BCUT2D eigenvalue weighted by molar-refractivity contribution is 0.286. The van der Waals surface area contributed by atoms with Crippen LogP contribution in [0.1, 0.15) is 39.5 Å². The molecule has 2 aliphatic carbocycles. The van der Waals surface area contributed by atoms with Crippen molar-refractivity contribution in [3.8, 4) is 0 Å². The summed E-state index contributed by atoms with van der Waals surface area (Å²) >= 11 is 0. The van der Waals surface area contributed by atoms with E-state index in [1.165, 1.54) is 12.8 Å². The summed E-state index contributed by atoms with van der Waals surface area (Å²) in [4.78, 5) is 7.25. The third kappa shape index (κ3) is 4.86. The van der Waals surface area contributed by atoms with E-state index in [9.17, 15) is 0 Å². The van der Waals surface area contributed by atoms with Crippen molar-refractivity contribution in [3.05, 3.63) is 12.2 Å². The zero-order chi connectivity index (χ0) is 13.5. The Hall–Kier alpha value is -1.03. The van der Waals surface area contributed by atoms with E-state index in [0.717, 1.165) is 51.0 Å². The highest BCUT2D eigenvalue weighted by Crippen LogP contribution is 2.25. The second kappa shape index (κ2) is 7.53. The number of hydrogen-bond acceptors (Lipinski definition) is 2. The summed E-state index contributed by atoms with van der Waals surface area (Å²) in [6.45, 7) is 8.41. The molecule has 0 amide bonds. The van der Waals surface area contributed by atoms with Crippen LogP contribution >= 0.6 is 0 Å². The molecule has 0 unspecified atom stereocenters. The lowest BCUT2D eigenvalue weighted by Gasteiger charge is -2.20. The molecular weight excluding hydrogens is 236 g/mol. The Morgan fingerprint density at radius 3 is 2.58 bits per heavy atom. The van der Waals surface area contributed by atoms with Crippen molar-refractivity contribution in [1.82, 2.24) is 15.5 Å². The molecule has 19 heavy (non-hydrogen) atoms. The molecule has 0 radical (unpaired) electrons. The third-order valence-electron chi connectivity index (χ3n) is 3.82. The molecule has 108 valence electrons. The number of likely N-dealkylation sites (N-methyl/N-ethyl adjacent to an activating group) is 1. The number of rotatable bonds is 7. The van der Waals surface area contributed by atoms with Crippen LogP contribution in [-0.4, -0.2) is 49.1 Å². The zero-order valence-corrected chi connectivity index (χ0v) is 12.4. The van der Waals surface area contributed by atoms with Gasteiger partial charge in [0.2, 0.25) is 0 Å². The van der Waals surface area contributed by atoms with E-state index in [2.05, 4.69) is 41.5 Å². The van der Waals surface area contributed by atoms with Crippen LogP contribution in [0.2, 0.25) is 0 Å². The molecule has 0 aliphatic heterocycles. The van der Waals surface area contributed by atoms with Gasteiger partial charge in [-0.05, 0) is 39.2 Å². The smallest absolute Gasteiger partial charge is 0.191 e. The fraction of sp³-hybridized carbons (Fsp3) is 0.800. The van der Waals surface area contributed by atoms with Crippen molar-refractivity contribution in [2.24, 2.45) is 4.99 Å². The van der Waals surface area contributed by atoms with Gasteiger partial charge in [-0.2, -0.15) is 0 Å². The molecule has 0 aromatic heterocycles. The Balaban J connectivity index is 1.74. The number of nitrogens with zero attached hydrogens (tertiary/aromatic N) is 2. The summed E-state index contributed by atoms with van der Waals surface area (Å²) in [5.74, 6) is 0.975. The van der Waals surface area contributed by atoms with E-state index >= 15 is 0 Å². The molecule has 1 fully saturated rings. The highest BCUT2D eigenvalue weighted by Gasteiger charge is 2.27. The molecule has 0 bridgehead atoms. The van der Waals surface area contributed by atoms with Gasteiger partial charge < -0.3 is 10.6 Å². The standard InChI is InChI=1S/C15H28N4/c1-3-16-15(18-13-7-5-6-8-13)17-11-12-19(4-2)14-9-10-14/h5-6,13-14H,3-4,7-12H2,1-2H3,(H2,16,17,18). The van der Waals surface area contributed by atoms with Gasteiger partial charge in [0.15, 0.2) is 5.96 Å². The Morgan fingerprint density at radius 1 is 1.26 bits per heavy atom. The molecule has 1 saturated carbocycles. The summed E-state index contributed by atoms with van der Waals surface area (Å²) in [5.41, 5.74) is 0. The number of nitrogens with one attached hydrogen (secondary N) is 2. The molecule has 2 aliphatic rings. The molecule has 0 saturated heterocycles. The van der Waals surface area contributed by atoms with Gasteiger partial charge >= 0.3 is 0 Å². The minimum absolute atomic E-state index is 0.531. The van der Waals surface area contributed by atoms with Crippen molar-refractivity contribution in [3.63, 3.8) is 0 Å². The van der Waals surface area contributed by atoms with Crippen LogP contribution in [0.5, 0.6) is 0 Å². The fourth-order valence-electron chi connectivity index (χ4n) is 2.58. The first kappa shape index (κ1) is 14.4. The Kier molecular flexibility index (Phi) is 5.70. The average Bonchev–Trinajstić information content (AvgIpc) is 3.12. The fourth-order valence-corrected chi connectivity index (χ4v) is 2.58. The van der Waals surface area contributed by atoms with E-state index in [1.54, 1.807) is 0 Å². The van der Waals surface area contributed by atoms with Crippen LogP contribution in [0, 0.1) is 0 Å². The highest BCUT2D eigenvalue weighted by molar-refractivity contribution is 5.80. The van der Waals surface area contributed by atoms with Gasteiger partial charge in [0, 0.05) is 25.2 Å². The van der Waals surface area contributed by atoms with Crippen molar-refractivity contribution in [2.45, 2.75) is 51.6 Å². The third-order valence-corrected chi connectivity index (χ3v) is 3.82. The van der Waals surface area contributed by atoms with E-state index in [0.29, 0.717) is 6.04 Å². The molecule has 4 nitrogen and oxygen atoms in total. The molecule has 4 heteroatoms. The van der Waals surface area contributed by atoms with Crippen LogP contribution in [0.3, 0.4) is 0 Å². The van der Waals surface area contributed by atoms with E-state index < -0.39 is 0 Å². The maximum absolute atomic E-state index is 4.70. The molecule has 0 heterocycles. The summed E-state index contributed by atoms with van der Waals surface area (Å²) in [5, 5.41) is 6.85. The quantitative estimate of drug-likeness (QED) is 0.418. The molecule has 0 atom stereocenters. The van der Waals surface area contributed by atoms with Gasteiger partial charge in [-0.15, -0.1) is 0 Å². The highest BCUT2D eigenvalue weighted by atomic mass is 15.2. The minimum Gasteiger partial charge on any atom is -0.357 e. The summed E-state index contributed by atoms with van der Waals surface area (Å²) in [7, 11) is 0. The Labute approximate surface area is 117 Å². The normalized spacial score (nSPS) is 20.3. The first-order chi connectivity index (χ1) is 9.33. The van der Waals surface area contributed by atoms with Crippen molar-refractivity contribution >= 4 is 5.96 Å². The molecular formula is C15H28N4. The van der Waals surface area contributed by atoms with E-state index in [1.807, 2.05) is 0 Å². The van der Waals surface area contributed by atoms with Crippen LogP contribution < -0.4 is 10.6 Å². The van der Waals surface area contributed by atoms with Gasteiger partial charge in [-0.1, -0.05) is 19.1 Å². The van der Waals surface area contributed by atoms with E-state index in [4.69, 9.17) is 4.99 Å². The predicted molar refractivity (Wildman–Crippen MR) is 81.5 cm³/mol. The monoisotopic (exact) mass is 264 g/mol. The number of hydrogen-bond donors (Lipinski definition) is 2.